The fourth-order valence-corrected chi connectivity index (χ4v) is 3.45. The van der Waals surface area contributed by atoms with Crippen molar-refractivity contribution in [2.24, 2.45) is 0 Å². The number of benzene rings is 3. The van der Waals surface area contributed by atoms with Gasteiger partial charge in [0.05, 0.1) is 19.8 Å². The highest BCUT2D eigenvalue weighted by atomic mass is 16.5. The topological polar surface area (TPSA) is 50.8 Å². The molecular formula is C22H20N2O3. The fourth-order valence-electron chi connectivity index (χ4n) is 3.45. The van der Waals surface area contributed by atoms with Gasteiger partial charge in [0.25, 0.3) is 5.91 Å². The minimum atomic E-state index is -0.431. The summed E-state index contributed by atoms with van der Waals surface area (Å²) in [5, 5.41) is 3.49. The Morgan fingerprint density at radius 2 is 1.59 bits per heavy atom. The van der Waals surface area contributed by atoms with Gasteiger partial charge >= 0.3 is 0 Å². The summed E-state index contributed by atoms with van der Waals surface area (Å²) in [4.78, 5) is 15.1. The molecule has 3 aromatic carbocycles. The van der Waals surface area contributed by atoms with Gasteiger partial charge in [0, 0.05) is 16.9 Å². The van der Waals surface area contributed by atoms with Crippen LogP contribution in [0.1, 0.15) is 22.1 Å². The minimum absolute atomic E-state index is 0.0644. The summed E-state index contributed by atoms with van der Waals surface area (Å²) < 4.78 is 11.1. The summed E-state index contributed by atoms with van der Waals surface area (Å²) in [6, 6.07) is 22.8. The van der Waals surface area contributed by atoms with Crippen molar-refractivity contribution < 1.29 is 14.3 Å². The van der Waals surface area contributed by atoms with Crippen LogP contribution in [0, 0.1) is 0 Å². The smallest absolute Gasteiger partial charge is 0.262 e. The SMILES string of the molecule is COc1cccc([C@H]2Nc3ccccc3C(=O)N2c2ccccc2)c1OC. The number of nitrogens with zero attached hydrogens (tertiary/aromatic N) is 1. The van der Waals surface area contributed by atoms with Crippen LogP contribution in [0.3, 0.4) is 0 Å². The fraction of sp³-hybridized carbons (Fsp3) is 0.136. The molecule has 1 amide bonds. The maximum absolute atomic E-state index is 13.4. The standard InChI is InChI=1S/C22H20N2O3/c1-26-19-14-8-12-17(20(19)27-2)21-23-18-13-7-6-11-16(18)22(25)24(21)15-9-4-3-5-10-15/h3-14,21,23H,1-2H3/t21-/m0/s1. The van der Waals surface area contributed by atoms with Gasteiger partial charge < -0.3 is 14.8 Å². The molecule has 27 heavy (non-hydrogen) atoms. The molecule has 0 unspecified atom stereocenters. The quantitative estimate of drug-likeness (QED) is 0.746. The summed E-state index contributed by atoms with van der Waals surface area (Å²) in [5.41, 5.74) is 3.06. The number of amides is 1. The van der Waals surface area contributed by atoms with Crippen LogP contribution >= 0.6 is 0 Å². The molecule has 0 fully saturated rings. The number of anilines is 2. The lowest BCUT2D eigenvalue weighted by atomic mass is 10.0. The van der Waals surface area contributed by atoms with E-state index in [4.69, 9.17) is 9.47 Å². The first kappa shape index (κ1) is 17.0. The number of nitrogens with one attached hydrogen (secondary N) is 1. The Balaban J connectivity index is 1.91. The molecule has 4 rings (SSSR count). The Morgan fingerprint density at radius 3 is 2.33 bits per heavy atom. The van der Waals surface area contributed by atoms with Crippen molar-refractivity contribution >= 4 is 17.3 Å². The number of hydrogen-bond donors (Lipinski definition) is 1. The highest BCUT2D eigenvalue weighted by Gasteiger charge is 2.35. The first-order valence-corrected chi connectivity index (χ1v) is 8.69. The summed E-state index contributed by atoms with van der Waals surface area (Å²) in [6.07, 6.45) is -0.431. The molecule has 0 saturated carbocycles. The second-order valence-electron chi connectivity index (χ2n) is 6.19. The molecular weight excluding hydrogens is 340 g/mol. The first-order valence-electron chi connectivity index (χ1n) is 8.69. The third-order valence-electron chi connectivity index (χ3n) is 4.69. The van der Waals surface area contributed by atoms with Gasteiger partial charge in [0.1, 0.15) is 6.17 Å². The van der Waals surface area contributed by atoms with Gasteiger partial charge in [-0.1, -0.05) is 42.5 Å². The van der Waals surface area contributed by atoms with E-state index in [1.807, 2.05) is 72.8 Å². The highest BCUT2D eigenvalue weighted by molar-refractivity contribution is 6.12. The van der Waals surface area contributed by atoms with Gasteiger partial charge in [-0.3, -0.25) is 9.69 Å². The number of carbonyl (C=O) groups excluding carboxylic acids is 1. The maximum Gasteiger partial charge on any atom is 0.262 e. The van der Waals surface area contributed by atoms with Crippen molar-refractivity contribution in [3.63, 3.8) is 0 Å². The molecule has 0 saturated heterocycles. The molecule has 0 bridgehead atoms. The van der Waals surface area contributed by atoms with Crippen LogP contribution in [-0.2, 0) is 0 Å². The van der Waals surface area contributed by atoms with Crippen molar-refractivity contribution in [2.75, 3.05) is 24.4 Å². The van der Waals surface area contributed by atoms with Crippen LogP contribution in [0.25, 0.3) is 0 Å². The van der Waals surface area contributed by atoms with Crippen LogP contribution in [0.4, 0.5) is 11.4 Å². The molecule has 136 valence electrons. The van der Waals surface area contributed by atoms with Crippen LogP contribution in [-0.4, -0.2) is 20.1 Å². The molecule has 1 atom stereocenters. The van der Waals surface area contributed by atoms with Crippen molar-refractivity contribution in [3.8, 4) is 11.5 Å². The van der Waals surface area contributed by atoms with Crippen molar-refractivity contribution in [2.45, 2.75) is 6.17 Å². The molecule has 0 radical (unpaired) electrons. The Morgan fingerprint density at radius 1 is 0.852 bits per heavy atom. The molecule has 1 aliphatic heterocycles. The molecule has 1 aliphatic rings. The van der Waals surface area contributed by atoms with E-state index in [1.165, 1.54) is 0 Å². The lowest BCUT2D eigenvalue weighted by Crippen LogP contribution is -2.43. The van der Waals surface area contributed by atoms with Gasteiger partial charge in [-0.15, -0.1) is 0 Å². The molecule has 1 N–H and O–H groups in total. The van der Waals surface area contributed by atoms with E-state index in [0.717, 1.165) is 16.9 Å². The van der Waals surface area contributed by atoms with Gasteiger partial charge in [0.2, 0.25) is 0 Å². The van der Waals surface area contributed by atoms with E-state index < -0.39 is 6.17 Å². The summed E-state index contributed by atoms with van der Waals surface area (Å²) in [7, 11) is 3.21. The second kappa shape index (κ2) is 7.03. The van der Waals surface area contributed by atoms with Crippen molar-refractivity contribution in [3.05, 3.63) is 83.9 Å². The lowest BCUT2D eigenvalue weighted by Gasteiger charge is -2.38. The predicted molar refractivity (Wildman–Crippen MR) is 106 cm³/mol. The van der Waals surface area contributed by atoms with Gasteiger partial charge in [-0.25, -0.2) is 0 Å². The number of carbonyl (C=O) groups is 1. The van der Waals surface area contributed by atoms with Crippen LogP contribution in [0.2, 0.25) is 0 Å². The zero-order valence-electron chi connectivity index (χ0n) is 15.2. The van der Waals surface area contributed by atoms with E-state index in [1.54, 1.807) is 19.1 Å². The van der Waals surface area contributed by atoms with Gasteiger partial charge in [0.15, 0.2) is 11.5 Å². The number of ether oxygens (including phenoxy) is 2. The third-order valence-corrected chi connectivity index (χ3v) is 4.69. The Hall–Kier alpha value is -3.47. The monoisotopic (exact) mass is 360 g/mol. The normalized spacial score (nSPS) is 15.7. The summed E-state index contributed by atoms with van der Waals surface area (Å²) >= 11 is 0. The van der Waals surface area contributed by atoms with E-state index in [9.17, 15) is 4.79 Å². The first-order chi connectivity index (χ1) is 13.2. The van der Waals surface area contributed by atoms with Crippen LogP contribution in [0.5, 0.6) is 11.5 Å². The zero-order valence-corrected chi connectivity index (χ0v) is 15.2. The lowest BCUT2D eigenvalue weighted by molar-refractivity contribution is 0.0974. The van der Waals surface area contributed by atoms with E-state index >= 15 is 0 Å². The molecule has 1 heterocycles. The maximum atomic E-state index is 13.4. The number of hydrogen-bond acceptors (Lipinski definition) is 4. The molecule has 0 aromatic heterocycles. The number of methoxy groups -OCH3 is 2. The molecule has 5 heteroatoms. The molecule has 0 aliphatic carbocycles. The van der Waals surface area contributed by atoms with Gasteiger partial charge in [-0.2, -0.15) is 0 Å². The molecule has 5 nitrogen and oxygen atoms in total. The second-order valence-corrected chi connectivity index (χ2v) is 6.19. The van der Waals surface area contributed by atoms with Crippen molar-refractivity contribution in [1.82, 2.24) is 0 Å². The average molecular weight is 360 g/mol. The van der Waals surface area contributed by atoms with E-state index in [-0.39, 0.29) is 5.91 Å². The highest BCUT2D eigenvalue weighted by Crippen LogP contribution is 2.42. The summed E-state index contributed by atoms with van der Waals surface area (Å²) in [5.74, 6) is 1.16. The Bertz CT molecular complexity index is 972. The Labute approximate surface area is 158 Å². The average Bonchev–Trinajstić information content (AvgIpc) is 2.73. The van der Waals surface area contributed by atoms with Gasteiger partial charge in [-0.05, 0) is 30.3 Å². The summed E-state index contributed by atoms with van der Waals surface area (Å²) in [6.45, 7) is 0. The van der Waals surface area contributed by atoms with E-state index in [2.05, 4.69) is 5.32 Å². The number of rotatable bonds is 4. The Kier molecular flexibility index (Phi) is 4.42. The molecule has 3 aromatic rings. The molecule has 0 spiro atoms. The zero-order chi connectivity index (χ0) is 18.8. The predicted octanol–water partition coefficient (Wildman–Crippen LogP) is 4.47. The van der Waals surface area contributed by atoms with E-state index in [0.29, 0.717) is 17.1 Å². The van der Waals surface area contributed by atoms with Crippen LogP contribution < -0.4 is 19.7 Å². The van der Waals surface area contributed by atoms with Crippen molar-refractivity contribution in [1.29, 1.82) is 0 Å². The minimum Gasteiger partial charge on any atom is -0.493 e. The largest absolute Gasteiger partial charge is 0.493 e. The van der Waals surface area contributed by atoms with Crippen LogP contribution in [0.15, 0.2) is 72.8 Å². The number of fused-ring (bicyclic) bond motifs is 1. The number of para-hydroxylation sites is 3. The third kappa shape index (κ3) is 2.87.